The number of esters is 1. The highest BCUT2D eigenvalue weighted by Gasteiger charge is 2.21. The molecule has 1 amide bonds. The second kappa shape index (κ2) is 11.3. The molecule has 1 aliphatic rings. The standard InChI is InChI=1S/C30H27NO8/c1-18(31-30(34)37-17-20-7-4-3-5-8-20)29(33)39-22-10-11-23-25(16-22)38-19(2)27(28(23)32)21-9-12-24-26(15-21)36-14-6-13-35-24/h3-5,7-12,15-16,18H,6,13-14,17H2,1-2H3,(H,31,34). The number of amides is 1. The van der Waals surface area contributed by atoms with E-state index in [9.17, 15) is 14.4 Å². The van der Waals surface area contributed by atoms with Crippen LogP contribution in [0.2, 0.25) is 0 Å². The molecule has 9 heteroatoms. The predicted molar refractivity (Wildman–Crippen MR) is 143 cm³/mol. The fourth-order valence-electron chi connectivity index (χ4n) is 4.21. The number of carbonyl (C=O) groups excluding carboxylic acids is 2. The Morgan fingerprint density at radius 3 is 2.54 bits per heavy atom. The van der Waals surface area contributed by atoms with Gasteiger partial charge in [0, 0.05) is 12.5 Å². The van der Waals surface area contributed by atoms with Gasteiger partial charge in [0.15, 0.2) is 11.5 Å². The highest BCUT2D eigenvalue weighted by molar-refractivity contribution is 5.86. The van der Waals surface area contributed by atoms with Crippen LogP contribution in [0, 0.1) is 6.92 Å². The lowest BCUT2D eigenvalue weighted by Crippen LogP contribution is -2.41. The first kappa shape index (κ1) is 25.8. The second-order valence-electron chi connectivity index (χ2n) is 9.08. The largest absolute Gasteiger partial charge is 0.490 e. The van der Waals surface area contributed by atoms with Gasteiger partial charge in [-0.15, -0.1) is 0 Å². The number of ether oxygens (including phenoxy) is 4. The van der Waals surface area contributed by atoms with E-state index >= 15 is 0 Å². The lowest BCUT2D eigenvalue weighted by Gasteiger charge is -2.14. The van der Waals surface area contributed by atoms with Gasteiger partial charge in [0.2, 0.25) is 5.43 Å². The molecular weight excluding hydrogens is 502 g/mol. The molecule has 39 heavy (non-hydrogen) atoms. The van der Waals surface area contributed by atoms with Crippen LogP contribution in [0.25, 0.3) is 22.1 Å². The Balaban J connectivity index is 1.29. The Labute approximate surface area is 224 Å². The molecule has 3 aromatic carbocycles. The number of benzene rings is 3. The summed E-state index contributed by atoms with van der Waals surface area (Å²) in [5, 5.41) is 2.78. The zero-order valence-electron chi connectivity index (χ0n) is 21.5. The number of nitrogens with one attached hydrogen (secondary N) is 1. The van der Waals surface area contributed by atoms with Gasteiger partial charge in [-0.1, -0.05) is 36.4 Å². The summed E-state index contributed by atoms with van der Waals surface area (Å²) < 4.78 is 28.0. The Morgan fingerprint density at radius 1 is 0.974 bits per heavy atom. The summed E-state index contributed by atoms with van der Waals surface area (Å²) in [5.41, 5.74) is 1.93. The Bertz CT molecular complexity index is 1580. The topological polar surface area (TPSA) is 113 Å². The molecule has 1 aromatic heterocycles. The lowest BCUT2D eigenvalue weighted by molar-refractivity contribution is -0.136. The van der Waals surface area contributed by atoms with E-state index in [0.29, 0.717) is 47.0 Å². The molecule has 0 aliphatic carbocycles. The maximum Gasteiger partial charge on any atom is 0.408 e. The summed E-state index contributed by atoms with van der Waals surface area (Å²) in [6.07, 6.45) is 0.0343. The van der Waals surface area contributed by atoms with Crippen molar-refractivity contribution in [1.29, 1.82) is 0 Å². The van der Waals surface area contributed by atoms with Crippen LogP contribution in [0.3, 0.4) is 0 Å². The van der Waals surface area contributed by atoms with Gasteiger partial charge >= 0.3 is 12.1 Å². The van der Waals surface area contributed by atoms with E-state index in [1.807, 2.05) is 30.3 Å². The van der Waals surface area contributed by atoms with Crippen molar-refractivity contribution >= 4 is 23.0 Å². The number of rotatable bonds is 6. The first-order valence-corrected chi connectivity index (χ1v) is 12.6. The molecule has 1 aliphatic heterocycles. The average molecular weight is 530 g/mol. The average Bonchev–Trinajstić information content (AvgIpc) is 3.17. The van der Waals surface area contributed by atoms with Crippen molar-refractivity contribution in [2.75, 3.05) is 13.2 Å². The van der Waals surface area contributed by atoms with Crippen LogP contribution in [0.15, 0.2) is 75.9 Å². The second-order valence-corrected chi connectivity index (χ2v) is 9.08. The van der Waals surface area contributed by atoms with Crippen LogP contribution in [0.5, 0.6) is 17.2 Å². The summed E-state index contributed by atoms with van der Waals surface area (Å²) >= 11 is 0. The molecule has 9 nitrogen and oxygen atoms in total. The number of fused-ring (bicyclic) bond motifs is 2. The molecule has 2 heterocycles. The quantitative estimate of drug-likeness (QED) is 0.270. The number of hydrogen-bond donors (Lipinski definition) is 1. The van der Waals surface area contributed by atoms with Crippen molar-refractivity contribution in [2.24, 2.45) is 0 Å². The zero-order chi connectivity index (χ0) is 27.4. The fourth-order valence-corrected chi connectivity index (χ4v) is 4.21. The summed E-state index contributed by atoms with van der Waals surface area (Å²) in [7, 11) is 0. The minimum absolute atomic E-state index is 0.0751. The van der Waals surface area contributed by atoms with Crippen LogP contribution < -0.4 is 25.0 Å². The van der Waals surface area contributed by atoms with Crippen molar-refractivity contribution < 1.29 is 33.0 Å². The van der Waals surface area contributed by atoms with Gasteiger partial charge in [0.1, 0.15) is 29.7 Å². The summed E-state index contributed by atoms with van der Waals surface area (Å²) in [6.45, 7) is 4.37. The van der Waals surface area contributed by atoms with E-state index in [4.69, 9.17) is 23.4 Å². The van der Waals surface area contributed by atoms with Gasteiger partial charge in [-0.05, 0) is 49.2 Å². The molecule has 1 N–H and O–H groups in total. The molecule has 0 saturated carbocycles. The number of alkyl carbamates (subject to hydrolysis) is 1. The Hall–Kier alpha value is -4.79. The predicted octanol–water partition coefficient (Wildman–Crippen LogP) is 5.15. The van der Waals surface area contributed by atoms with Gasteiger partial charge in [0.05, 0.1) is 24.2 Å². The van der Waals surface area contributed by atoms with E-state index in [-0.39, 0.29) is 23.4 Å². The summed E-state index contributed by atoms with van der Waals surface area (Å²) in [4.78, 5) is 38.1. The lowest BCUT2D eigenvalue weighted by atomic mass is 10.0. The molecule has 5 rings (SSSR count). The highest BCUT2D eigenvalue weighted by Crippen LogP contribution is 2.35. The smallest absolute Gasteiger partial charge is 0.408 e. The number of hydrogen-bond acceptors (Lipinski definition) is 8. The van der Waals surface area contributed by atoms with Crippen LogP contribution in [-0.4, -0.2) is 31.3 Å². The molecule has 4 aromatic rings. The van der Waals surface area contributed by atoms with Crippen LogP contribution in [0.1, 0.15) is 24.7 Å². The molecule has 1 unspecified atom stereocenters. The van der Waals surface area contributed by atoms with Gasteiger partial charge in [-0.3, -0.25) is 4.79 Å². The van der Waals surface area contributed by atoms with Crippen LogP contribution in [0.4, 0.5) is 4.79 Å². The summed E-state index contributed by atoms with van der Waals surface area (Å²) in [5.74, 6) is 1.09. The van der Waals surface area contributed by atoms with Crippen molar-refractivity contribution in [3.63, 3.8) is 0 Å². The van der Waals surface area contributed by atoms with E-state index in [1.165, 1.54) is 19.1 Å². The van der Waals surface area contributed by atoms with E-state index in [1.54, 1.807) is 31.2 Å². The SMILES string of the molecule is Cc1oc2cc(OC(=O)C(C)NC(=O)OCc3ccccc3)ccc2c(=O)c1-c1ccc2c(c1)OCCCO2. The summed E-state index contributed by atoms with van der Waals surface area (Å²) in [6, 6.07) is 18.1. The third kappa shape index (κ3) is 5.87. The van der Waals surface area contributed by atoms with Gasteiger partial charge in [-0.25, -0.2) is 9.59 Å². The van der Waals surface area contributed by atoms with Crippen molar-refractivity contribution in [2.45, 2.75) is 32.9 Å². The molecular formula is C30H27NO8. The normalized spacial score (nSPS) is 13.3. The zero-order valence-corrected chi connectivity index (χ0v) is 21.5. The first-order chi connectivity index (χ1) is 18.9. The third-order valence-electron chi connectivity index (χ3n) is 6.20. The first-order valence-electron chi connectivity index (χ1n) is 12.6. The highest BCUT2D eigenvalue weighted by atomic mass is 16.6. The minimum Gasteiger partial charge on any atom is -0.490 e. The Kier molecular flexibility index (Phi) is 7.49. The molecule has 0 spiro atoms. The van der Waals surface area contributed by atoms with Gasteiger partial charge in [-0.2, -0.15) is 0 Å². The molecule has 0 radical (unpaired) electrons. The maximum atomic E-state index is 13.4. The molecule has 0 fully saturated rings. The van der Waals surface area contributed by atoms with Crippen molar-refractivity contribution in [3.8, 4) is 28.4 Å². The molecule has 200 valence electrons. The maximum absolute atomic E-state index is 13.4. The third-order valence-corrected chi connectivity index (χ3v) is 6.20. The Morgan fingerprint density at radius 2 is 1.74 bits per heavy atom. The van der Waals surface area contributed by atoms with E-state index in [2.05, 4.69) is 5.32 Å². The van der Waals surface area contributed by atoms with E-state index < -0.39 is 18.1 Å². The molecule has 0 bridgehead atoms. The van der Waals surface area contributed by atoms with Crippen molar-refractivity contribution in [1.82, 2.24) is 5.32 Å². The monoisotopic (exact) mass is 529 g/mol. The van der Waals surface area contributed by atoms with Crippen LogP contribution >= 0.6 is 0 Å². The van der Waals surface area contributed by atoms with E-state index in [0.717, 1.165) is 12.0 Å². The number of carbonyl (C=O) groups is 2. The van der Waals surface area contributed by atoms with Crippen molar-refractivity contribution in [3.05, 3.63) is 88.3 Å². The van der Waals surface area contributed by atoms with Gasteiger partial charge in [0.25, 0.3) is 0 Å². The fraction of sp³-hybridized carbons (Fsp3) is 0.233. The number of aryl methyl sites for hydroxylation is 1. The molecule has 1 atom stereocenters. The van der Waals surface area contributed by atoms with Gasteiger partial charge < -0.3 is 28.7 Å². The molecule has 0 saturated heterocycles. The van der Waals surface area contributed by atoms with Crippen LogP contribution in [-0.2, 0) is 16.1 Å². The minimum atomic E-state index is -0.973.